The molecule has 0 atom stereocenters. The summed E-state index contributed by atoms with van der Waals surface area (Å²) in [7, 11) is 0. The lowest BCUT2D eigenvalue weighted by atomic mass is 10.1. The average Bonchev–Trinajstić information content (AvgIpc) is 3.22. The van der Waals surface area contributed by atoms with Crippen LogP contribution in [0.15, 0.2) is 54.6 Å². The van der Waals surface area contributed by atoms with Crippen LogP contribution in [0.5, 0.6) is 5.75 Å². The second kappa shape index (κ2) is 10.4. The summed E-state index contributed by atoms with van der Waals surface area (Å²) in [5.41, 5.74) is 0.839. The normalized spacial score (nSPS) is 13.9. The first kappa shape index (κ1) is 22.1. The topological polar surface area (TPSA) is 41.6 Å². The maximum absolute atomic E-state index is 14.5. The number of nitrogens with zero attached hydrogens (tertiary/aromatic N) is 1. The summed E-state index contributed by atoms with van der Waals surface area (Å²) in [4.78, 5) is 13.7. The Bertz CT molecular complexity index is 753. The van der Waals surface area contributed by atoms with E-state index in [1.165, 1.54) is 12.1 Å². The zero-order valence-electron chi connectivity index (χ0n) is 15.6. The Morgan fingerprint density at radius 2 is 1.79 bits per heavy atom. The number of rotatable bonds is 8. The van der Waals surface area contributed by atoms with Crippen molar-refractivity contribution < 1.29 is 18.3 Å². The van der Waals surface area contributed by atoms with Crippen LogP contribution in [0.3, 0.4) is 0 Å². The minimum absolute atomic E-state index is 0. The molecular weight excluding hydrogens is 386 g/mol. The molecule has 3 rings (SSSR count). The van der Waals surface area contributed by atoms with Gasteiger partial charge in [-0.2, -0.15) is 8.78 Å². The van der Waals surface area contributed by atoms with Gasteiger partial charge in [-0.15, -0.1) is 12.4 Å². The number of nitrogens with one attached hydrogen (secondary N) is 1. The van der Waals surface area contributed by atoms with E-state index < -0.39 is 12.5 Å². The van der Waals surface area contributed by atoms with Gasteiger partial charge in [0.2, 0.25) is 5.91 Å². The molecule has 1 amide bonds. The number of hydrogen-bond donors (Lipinski definition) is 1. The minimum atomic E-state index is -3.09. The quantitative estimate of drug-likeness (QED) is 0.715. The van der Waals surface area contributed by atoms with Crippen molar-refractivity contribution in [2.75, 3.05) is 26.2 Å². The number of carbonyl (C=O) groups is 1. The van der Waals surface area contributed by atoms with E-state index in [0.29, 0.717) is 12.4 Å². The summed E-state index contributed by atoms with van der Waals surface area (Å²) in [6.07, 6.45) is 1.97. The highest BCUT2D eigenvalue weighted by molar-refractivity contribution is 5.85. The first-order chi connectivity index (χ1) is 13.0. The van der Waals surface area contributed by atoms with Gasteiger partial charge in [0.05, 0.1) is 13.1 Å². The lowest BCUT2D eigenvalue weighted by molar-refractivity contribution is -0.129. The molecule has 4 nitrogen and oxygen atoms in total. The van der Waals surface area contributed by atoms with Crippen molar-refractivity contribution in [3.63, 3.8) is 0 Å². The second-order valence-electron chi connectivity index (χ2n) is 6.70. The van der Waals surface area contributed by atoms with E-state index in [4.69, 9.17) is 4.74 Å². The predicted octanol–water partition coefficient (Wildman–Crippen LogP) is 3.99. The Kier molecular flexibility index (Phi) is 8.20. The van der Waals surface area contributed by atoms with E-state index in [1.807, 2.05) is 30.3 Å². The Morgan fingerprint density at radius 1 is 1.07 bits per heavy atom. The van der Waals surface area contributed by atoms with E-state index in [9.17, 15) is 13.6 Å². The molecule has 2 aromatic rings. The summed E-state index contributed by atoms with van der Waals surface area (Å²) in [5.74, 6) is -2.82. The lowest BCUT2D eigenvalue weighted by Crippen LogP contribution is -2.40. The van der Waals surface area contributed by atoms with E-state index in [0.717, 1.165) is 31.5 Å². The van der Waals surface area contributed by atoms with Crippen molar-refractivity contribution >= 4 is 18.3 Å². The van der Waals surface area contributed by atoms with Crippen LogP contribution in [0, 0.1) is 0 Å². The van der Waals surface area contributed by atoms with Gasteiger partial charge in [0, 0.05) is 18.7 Å². The summed E-state index contributed by atoms with van der Waals surface area (Å²) in [5, 5.41) is 2.60. The van der Waals surface area contributed by atoms with Crippen LogP contribution in [0.1, 0.15) is 24.0 Å². The van der Waals surface area contributed by atoms with Crippen LogP contribution < -0.4 is 10.1 Å². The number of carbonyl (C=O) groups excluding carboxylic acids is 1. The van der Waals surface area contributed by atoms with Crippen molar-refractivity contribution in [2.45, 2.75) is 25.4 Å². The van der Waals surface area contributed by atoms with Crippen LogP contribution >= 0.6 is 12.4 Å². The van der Waals surface area contributed by atoms with Crippen molar-refractivity contribution in [2.24, 2.45) is 0 Å². The van der Waals surface area contributed by atoms with Crippen LogP contribution in [0.2, 0.25) is 0 Å². The van der Waals surface area contributed by atoms with Crippen LogP contribution in [0.4, 0.5) is 8.78 Å². The molecule has 28 heavy (non-hydrogen) atoms. The zero-order chi connectivity index (χ0) is 19.1. The summed E-state index contributed by atoms with van der Waals surface area (Å²) in [6, 6.07) is 15.5. The molecule has 1 aliphatic heterocycles. The standard InChI is InChI=1S/C21H24F2N2O2.ClH/c22-21(23,16-24-14-20(26)25-11-4-5-12-25)18-9-6-10-19(13-18)27-15-17-7-2-1-3-8-17;/h1-3,6-10,13,24H,4-5,11-12,14-16H2;1H. The van der Waals surface area contributed by atoms with Crippen LogP contribution in [-0.2, 0) is 17.3 Å². The number of likely N-dealkylation sites (tertiary alicyclic amines) is 1. The second-order valence-corrected chi connectivity index (χ2v) is 6.70. The molecule has 1 heterocycles. The maximum Gasteiger partial charge on any atom is 0.285 e. The molecule has 0 aliphatic carbocycles. The van der Waals surface area contributed by atoms with Gasteiger partial charge in [-0.1, -0.05) is 42.5 Å². The molecule has 0 radical (unpaired) electrons. The highest BCUT2D eigenvalue weighted by atomic mass is 35.5. The fourth-order valence-corrected chi connectivity index (χ4v) is 3.06. The molecule has 152 valence electrons. The number of halogens is 3. The summed E-state index contributed by atoms with van der Waals surface area (Å²) in [6.45, 7) is 1.10. The number of hydrogen-bond acceptors (Lipinski definition) is 3. The Labute approximate surface area is 170 Å². The highest BCUT2D eigenvalue weighted by Crippen LogP contribution is 2.30. The SMILES string of the molecule is Cl.O=C(CNCC(F)(F)c1cccc(OCc2ccccc2)c1)N1CCCC1. The van der Waals surface area contributed by atoms with Crippen LogP contribution in [0.25, 0.3) is 0 Å². The highest BCUT2D eigenvalue weighted by Gasteiger charge is 2.32. The van der Waals surface area contributed by atoms with Crippen molar-refractivity contribution in [3.05, 3.63) is 65.7 Å². The average molecular weight is 411 g/mol. The van der Waals surface area contributed by atoms with E-state index >= 15 is 0 Å². The van der Waals surface area contributed by atoms with E-state index in [-0.39, 0.29) is 30.4 Å². The molecule has 0 unspecified atom stereocenters. The van der Waals surface area contributed by atoms with Gasteiger partial charge in [0.25, 0.3) is 5.92 Å². The zero-order valence-corrected chi connectivity index (χ0v) is 16.4. The fourth-order valence-electron chi connectivity index (χ4n) is 3.06. The van der Waals surface area contributed by atoms with Gasteiger partial charge in [-0.3, -0.25) is 4.79 Å². The molecule has 0 saturated carbocycles. The Morgan fingerprint density at radius 3 is 2.50 bits per heavy atom. The number of alkyl halides is 2. The van der Waals surface area contributed by atoms with Gasteiger partial charge in [-0.05, 0) is 30.5 Å². The van der Waals surface area contributed by atoms with Gasteiger partial charge in [0.1, 0.15) is 12.4 Å². The van der Waals surface area contributed by atoms with Crippen LogP contribution in [-0.4, -0.2) is 37.0 Å². The van der Waals surface area contributed by atoms with Gasteiger partial charge < -0.3 is 15.0 Å². The smallest absolute Gasteiger partial charge is 0.285 e. The first-order valence-electron chi connectivity index (χ1n) is 9.18. The predicted molar refractivity (Wildman–Crippen MR) is 107 cm³/mol. The Hall–Kier alpha value is -2.18. The number of benzene rings is 2. The summed E-state index contributed by atoms with van der Waals surface area (Å²) >= 11 is 0. The number of ether oxygens (including phenoxy) is 1. The number of amides is 1. The molecule has 0 bridgehead atoms. The van der Waals surface area contributed by atoms with Crippen molar-refractivity contribution in [1.82, 2.24) is 10.2 Å². The molecule has 7 heteroatoms. The molecule has 0 spiro atoms. The lowest BCUT2D eigenvalue weighted by Gasteiger charge is -2.20. The third-order valence-electron chi connectivity index (χ3n) is 4.59. The van der Waals surface area contributed by atoms with Crippen molar-refractivity contribution in [3.8, 4) is 5.75 Å². The molecule has 1 N–H and O–H groups in total. The van der Waals surface area contributed by atoms with E-state index in [1.54, 1.807) is 17.0 Å². The largest absolute Gasteiger partial charge is 0.489 e. The van der Waals surface area contributed by atoms with Gasteiger partial charge in [-0.25, -0.2) is 0 Å². The third-order valence-corrected chi connectivity index (χ3v) is 4.59. The first-order valence-corrected chi connectivity index (χ1v) is 9.18. The fraction of sp³-hybridized carbons (Fsp3) is 0.381. The third kappa shape index (κ3) is 6.17. The van der Waals surface area contributed by atoms with E-state index in [2.05, 4.69) is 5.32 Å². The minimum Gasteiger partial charge on any atom is -0.489 e. The Balaban J connectivity index is 0.00000280. The molecular formula is C21H25ClF2N2O2. The maximum atomic E-state index is 14.5. The van der Waals surface area contributed by atoms with Gasteiger partial charge in [0.15, 0.2) is 0 Å². The van der Waals surface area contributed by atoms with Crippen molar-refractivity contribution in [1.29, 1.82) is 0 Å². The molecule has 0 aromatic heterocycles. The summed E-state index contributed by atoms with van der Waals surface area (Å²) < 4.78 is 34.6. The molecule has 1 fully saturated rings. The molecule has 1 aliphatic rings. The monoisotopic (exact) mass is 410 g/mol. The molecule has 1 saturated heterocycles. The molecule has 2 aromatic carbocycles. The van der Waals surface area contributed by atoms with Gasteiger partial charge >= 0.3 is 0 Å².